The smallest absolute Gasteiger partial charge is 0.246 e. The van der Waals surface area contributed by atoms with E-state index in [1.807, 2.05) is 18.2 Å². The fourth-order valence-electron chi connectivity index (χ4n) is 3.31. The number of nitrogens with zero attached hydrogens (tertiary/aromatic N) is 1. The third-order valence-electron chi connectivity index (χ3n) is 4.65. The van der Waals surface area contributed by atoms with Crippen LogP contribution in [0.2, 0.25) is 5.02 Å². The summed E-state index contributed by atoms with van der Waals surface area (Å²) in [5, 5.41) is 0.383. The molecule has 1 heterocycles. The van der Waals surface area contributed by atoms with Crippen LogP contribution < -0.4 is 4.74 Å². The van der Waals surface area contributed by atoms with Crippen LogP contribution in [0.5, 0.6) is 5.75 Å². The molecular formula is C19H22ClNO3S. The van der Waals surface area contributed by atoms with Gasteiger partial charge in [-0.1, -0.05) is 48.4 Å². The normalized spacial score (nSPS) is 19.4. The van der Waals surface area contributed by atoms with Crippen LogP contribution in [0.15, 0.2) is 53.4 Å². The maximum Gasteiger partial charge on any atom is 0.246 e. The number of hydrogen-bond acceptors (Lipinski definition) is 3. The highest BCUT2D eigenvalue weighted by atomic mass is 35.5. The summed E-state index contributed by atoms with van der Waals surface area (Å²) < 4.78 is 33.3. The molecule has 25 heavy (non-hydrogen) atoms. The zero-order valence-corrected chi connectivity index (χ0v) is 15.8. The maximum absolute atomic E-state index is 13.2. The van der Waals surface area contributed by atoms with E-state index < -0.39 is 10.0 Å². The summed E-state index contributed by atoms with van der Waals surface area (Å²) in [5.74, 6) is 0.522. The summed E-state index contributed by atoms with van der Waals surface area (Å²) in [7, 11) is -2.20. The summed E-state index contributed by atoms with van der Waals surface area (Å²) in [4.78, 5) is 0.135. The van der Waals surface area contributed by atoms with Crippen LogP contribution in [0.25, 0.3) is 0 Å². The summed E-state index contributed by atoms with van der Waals surface area (Å²) in [5.41, 5.74) is 1.18. The first-order chi connectivity index (χ1) is 12.0. The standard InChI is InChI=1S/C19H22ClNO3S/c1-24-18-11-10-17(20)13-19(18)25(22,23)21-12-6-5-9-16(14-21)15-7-3-2-4-8-15/h2-4,7-8,10-11,13,16H,5-6,9,12,14H2,1H3. The molecule has 1 saturated heterocycles. The van der Waals surface area contributed by atoms with Gasteiger partial charge in [0.2, 0.25) is 10.0 Å². The number of halogens is 1. The third kappa shape index (κ3) is 4.00. The van der Waals surface area contributed by atoms with E-state index in [-0.39, 0.29) is 10.8 Å². The predicted molar refractivity (Wildman–Crippen MR) is 99.8 cm³/mol. The lowest BCUT2D eigenvalue weighted by Gasteiger charge is -2.25. The SMILES string of the molecule is COc1ccc(Cl)cc1S(=O)(=O)N1CCCCC(c2ccccc2)C1. The van der Waals surface area contributed by atoms with Crippen molar-refractivity contribution in [3.05, 3.63) is 59.1 Å². The van der Waals surface area contributed by atoms with Crippen LogP contribution in [0.1, 0.15) is 30.7 Å². The van der Waals surface area contributed by atoms with Gasteiger partial charge in [-0.25, -0.2) is 8.42 Å². The molecule has 1 aliphatic rings. The first kappa shape index (κ1) is 18.2. The van der Waals surface area contributed by atoms with Crippen molar-refractivity contribution in [2.75, 3.05) is 20.2 Å². The van der Waals surface area contributed by atoms with Crippen LogP contribution in [-0.4, -0.2) is 32.9 Å². The zero-order chi connectivity index (χ0) is 17.9. The molecule has 0 aromatic heterocycles. The molecule has 1 atom stereocenters. The van der Waals surface area contributed by atoms with Crippen molar-refractivity contribution >= 4 is 21.6 Å². The summed E-state index contributed by atoms with van der Waals surface area (Å²) in [6, 6.07) is 14.8. The van der Waals surface area contributed by atoms with Gasteiger partial charge in [-0.15, -0.1) is 0 Å². The molecule has 0 bridgehead atoms. The van der Waals surface area contributed by atoms with Crippen LogP contribution >= 0.6 is 11.6 Å². The average molecular weight is 380 g/mol. The Hall–Kier alpha value is -1.56. The van der Waals surface area contributed by atoms with Crippen LogP contribution in [-0.2, 0) is 10.0 Å². The average Bonchev–Trinajstić information content (AvgIpc) is 2.89. The van der Waals surface area contributed by atoms with Crippen molar-refractivity contribution in [3.8, 4) is 5.75 Å². The summed E-state index contributed by atoms with van der Waals surface area (Å²) in [6.45, 7) is 0.989. The molecule has 0 amide bonds. The number of ether oxygens (including phenoxy) is 1. The van der Waals surface area contributed by atoms with E-state index >= 15 is 0 Å². The van der Waals surface area contributed by atoms with E-state index in [1.165, 1.54) is 18.7 Å². The minimum absolute atomic E-state index is 0.135. The predicted octanol–water partition coefficient (Wildman–Crippen LogP) is 4.31. The van der Waals surface area contributed by atoms with E-state index in [9.17, 15) is 8.42 Å². The second-order valence-corrected chi connectivity index (χ2v) is 8.60. The molecule has 2 aromatic rings. The molecule has 134 valence electrons. The fraction of sp³-hybridized carbons (Fsp3) is 0.368. The summed E-state index contributed by atoms with van der Waals surface area (Å²) in [6.07, 6.45) is 2.85. The Morgan fingerprint density at radius 1 is 1.12 bits per heavy atom. The Labute approximate surface area is 154 Å². The van der Waals surface area contributed by atoms with Gasteiger partial charge in [0.15, 0.2) is 0 Å². The number of sulfonamides is 1. The molecule has 0 aliphatic carbocycles. The molecule has 1 aliphatic heterocycles. The first-order valence-corrected chi connectivity index (χ1v) is 10.2. The second-order valence-electron chi connectivity index (χ2n) is 6.26. The van der Waals surface area contributed by atoms with E-state index in [0.717, 1.165) is 19.3 Å². The van der Waals surface area contributed by atoms with Gasteiger partial charge in [0.25, 0.3) is 0 Å². The van der Waals surface area contributed by atoms with Gasteiger partial charge >= 0.3 is 0 Å². The van der Waals surface area contributed by atoms with E-state index in [0.29, 0.717) is 23.9 Å². The zero-order valence-electron chi connectivity index (χ0n) is 14.2. The van der Waals surface area contributed by atoms with Crippen molar-refractivity contribution < 1.29 is 13.2 Å². The molecule has 6 heteroatoms. The topological polar surface area (TPSA) is 46.6 Å². The van der Waals surface area contributed by atoms with Crippen LogP contribution in [0.3, 0.4) is 0 Å². The van der Waals surface area contributed by atoms with Crippen molar-refractivity contribution in [1.29, 1.82) is 0 Å². The van der Waals surface area contributed by atoms with Gasteiger partial charge in [-0.3, -0.25) is 0 Å². The minimum atomic E-state index is -3.67. The number of rotatable bonds is 4. The molecule has 0 spiro atoms. The highest BCUT2D eigenvalue weighted by Gasteiger charge is 2.31. The van der Waals surface area contributed by atoms with Crippen molar-refractivity contribution in [2.45, 2.75) is 30.1 Å². The molecule has 0 radical (unpaired) electrons. The van der Waals surface area contributed by atoms with Gasteiger partial charge < -0.3 is 4.74 Å². The molecule has 2 aromatic carbocycles. The van der Waals surface area contributed by atoms with Gasteiger partial charge in [0.1, 0.15) is 10.6 Å². The van der Waals surface area contributed by atoms with E-state index in [1.54, 1.807) is 16.4 Å². The van der Waals surface area contributed by atoms with Gasteiger partial charge in [-0.05, 0) is 42.5 Å². The first-order valence-electron chi connectivity index (χ1n) is 8.41. The molecule has 1 fully saturated rings. The molecule has 4 nitrogen and oxygen atoms in total. The van der Waals surface area contributed by atoms with Crippen molar-refractivity contribution in [2.24, 2.45) is 0 Å². The van der Waals surface area contributed by atoms with E-state index in [4.69, 9.17) is 16.3 Å². The summed E-state index contributed by atoms with van der Waals surface area (Å²) >= 11 is 6.04. The molecule has 3 rings (SSSR count). The van der Waals surface area contributed by atoms with Crippen LogP contribution in [0.4, 0.5) is 0 Å². The Morgan fingerprint density at radius 3 is 2.60 bits per heavy atom. The van der Waals surface area contributed by atoms with Crippen molar-refractivity contribution in [1.82, 2.24) is 4.31 Å². The maximum atomic E-state index is 13.2. The fourth-order valence-corrected chi connectivity index (χ4v) is 5.26. The van der Waals surface area contributed by atoms with Gasteiger partial charge in [0.05, 0.1) is 7.11 Å². The lowest BCUT2D eigenvalue weighted by molar-refractivity contribution is 0.386. The minimum Gasteiger partial charge on any atom is -0.495 e. The Bertz CT molecular complexity index is 824. The highest BCUT2D eigenvalue weighted by Crippen LogP contribution is 2.33. The second kappa shape index (κ2) is 7.77. The highest BCUT2D eigenvalue weighted by molar-refractivity contribution is 7.89. The number of benzene rings is 2. The van der Waals surface area contributed by atoms with Gasteiger partial charge in [0, 0.05) is 18.1 Å². The lowest BCUT2D eigenvalue weighted by atomic mass is 9.95. The Morgan fingerprint density at radius 2 is 1.88 bits per heavy atom. The largest absolute Gasteiger partial charge is 0.495 e. The number of methoxy groups -OCH3 is 1. The van der Waals surface area contributed by atoms with Crippen LogP contribution in [0, 0.1) is 0 Å². The quantitative estimate of drug-likeness (QED) is 0.795. The van der Waals surface area contributed by atoms with Crippen molar-refractivity contribution in [3.63, 3.8) is 0 Å². The Balaban J connectivity index is 1.95. The monoisotopic (exact) mass is 379 g/mol. The molecular weight excluding hydrogens is 358 g/mol. The third-order valence-corrected chi connectivity index (χ3v) is 6.77. The molecule has 1 unspecified atom stereocenters. The van der Waals surface area contributed by atoms with Gasteiger partial charge in [-0.2, -0.15) is 4.31 Å². The van der Waals surface area contributed by atoms with E-state index in [2.05, 4.69) is 12.1 Å². The molecule has 0 saturated carbocycles. The lowest BCUT2D eigenvalue weighted by Crippen LogP contribution is -2.34. The molecule has 0 N–H and O–H groups in total. The Kier molecular flexibility index (Phi) is 5.67. The number of hydrogen-bond donors (Lipinski definition) is 0.